The van der Waals surface area contributed by atoms with Crippen molar-refractivity contribution >= 4 is 27.5 Å². The minimum Gasteiger partial charge on any atom is -0.497 e. The minimum absolute atomic E-state index is 0.109. The van der Waals surface area contributed by atoms with E-state index >= 15 is 0 Å². The molecule has 2 aromatic carbocycles. The average Bonchev–Trinajstić information content (AvgIpc) is 2.58. The number of nitrogens with zero attached hydrogens (tertiary/aromatic N) is 1. The molecule has 2 aromatic rings. The van der Waals surface area contributed by atoms with Crippen LogP contribution in [0.4, 0.5) is 0 Å². The van der Waals surface area contributed by atoms with Gasteiger partial charge in [-0.3, -0.25) is 4.79 Å². The van der Waals surface area contributed by atoms with Crippen LogP contribution in [0.5, 0.6) is 11.5 Å². The molecule has 0 aliphatic heterocycles. The Morgan fingerprint density at radius 2 is 1.88 bits per heavy atom. The van der Waals surface area contributed by atoms with Crippen molar-refractivity contribution in [2.24, 2.45) is 5.10 Å². The van der Waals surface area contributed by atoms with Gasteiger partial charge < -0.3 is 9.47 Å². The van der Waals surface area contributed by atoms with Crippen molar-refractivity contribution in [1.82, 2.24) is 5.43 Å². The zero-order valence-electron chi connectivity index (χ0n) is 14.7. The number of methoxy groups -OCH3 is 1. The molecule has 0 aromatic heterocycles. The highest BCUT2D eigenvalue weighted by molar-refractivity contribution is 9.10. The molecule has 1 N–H and O–H groups in total. The van der Waals surface area contributed by atoms with Gasteiger partial charge in [-0.25, -0.2) is 5.43 Å². The lowest BCUT2D eigenvalue weighted by molar-refractivity contribution is -0.123. The quantitative estimate of drug-likeness (QED) is 0.584. The van der Waals surface area contributed by atoms with Crippen LogP contribution in [0, 0.1) is 13.8 Å². The zero-order chi connectivity index (χ0) is 18.4. The number of hydrogen-bond acceptors (Lipinski definition) is 4. The van der Waals surface area contributed by atoms with Crippen LogP contribution in [0.2, 0.25) is 0 Å². The first-order chi connectivity index (χ1) is 11.9. The maximum absolute atomic E-state index is 12.0. The van der Waals surface area contributed by atoms with Crippen molar-refractivity contribution in [2.45, 2.75) is 20.8 Å². The molecule has 0 bridgehead atoms. The summed E-state index contributed by atoms with van der Waals surface area (Å²) in [5, 5.41) is 4.11. The predicted octanol–water partition coefficient (Wildman–Crippen LogP) is 3.99. The van der Waals surface area contributed by atoms with Crippen LogP contribution in [0.25, 0.3) is 0 Å². The molecule has 1 amide bonds. The lowest BCUT2D eigenvalue weighted by Crippen LogP contribution is -2.25. The van der Waals surface area contributed by atoms with E-state index in [1.807, 2.05) is 57.2 Å². The Labute approximate surface area is 156 Å². The number of hydrogen-bond donors (Lipinski definition) is 1. The Kier molecular flexibility index (Phi) is 6.58. The summed E-state index contributed by atoms with van der Waals surface area (Å²) in [6, 6.07) is 11.4. The Morgan fingerprint density at radius 1 is 1.20 bits per heavy atom. The van der Waals surface area contributed by atoms with Gasteiger partial charge in [-0.1, -0.05) is 6.07 Å². The van der Waals surface area contributed by atoms with Gasteiger partial charge in [0.15, 0.2) is 6.61 Å². The second-order valence-corrected chi connectivity index (χ2v) is 6.50. The summed E-state index contributed by atoms with van der Waals surface area (Å²) in [6.07, 6.45) is 0. The van der Waals surface area contributed by atoms with Gasteiger partial charge in [-0.15, -0.1) is 0 Å². The number of aryl methyl sites for hydroxylation is 2. The number of nitrogens with one attached hydrogen (secondary N) is 1. The summed E-state index contributed by atoms with van der Waals surface area (Å²) in [5.41, 5.74) is 6.20. The highest BCUT2D eigenvalue weighted by Gasteiger charge is 2.09. The number of hydrazone groups is 1. The molecule has 0 fully saturated rings. The van der Waals surface area contributed by atoms with Gasteiger partial charge in [0.1, 0.15) is 11.5 Å². The van der Waals surface area contributed by atoms with Crippen molar-refractivity contribution in [3.63, 3.8) is 0 Å². The van der Waals surface area contributed by atoms with Crippen LogP contribution >= 0.6 is 15.9 Å². The molecule has 0 aliphatic rings. The molecule has 5 nitrogen and oxygen atoms in total. The van der Waals surface area contributed by atoms with E-state index in [9.17, 15) is 4.79 Å². The average molecular weight is 405 g/mol. The van der Waals surface area contributed by atoms with Crippen molar-refractivity contribution in [3.05, 3.63) is 57.6 Å². The summed E-state index contributed by atoms with van der Waals surface area (Å²) >= 11 is 3.46. The van der Waals surface area contributed by atoms with Crippen molar-refractivity contribution < 1.29 is 14.3 Å². The van der Waals surface area contributed by atoms with Gasteiger partial charge >= 0.3 is 0 Å². The number of amides is 1. The van der Waals surface area contributed by atoms with Gasteiger partial charge in [-0.05, 0) is 83.7 Å². The second-order valence-electron chi connectivity index (χ2n) is 5.64. The van der Waals surface area contributed by atoms with E-state index in [4.69, 9.17) is 9.47 Å². The van der Waals surface area contributed by atoms with Crippen LogP contribution in [0.3, 0.4) is 0 Å². The molecule has 2 rings (SSSR count). The highest BCUT2D eigenvalue weighted by atomic mass is 79.9. The largest absolute Gasteiger partial charge is 0.497 e. The molecule has 0 saturated carbocycles. The molecular weight excluding hydrogens is 384 g/mol. The molecule has 0 heterocycles. The predicted molar refractivity (Wildman–Crippen MR) is 102 cm³/mol. The van der Waals surface area contributed by atoms with E-state index in [1.165, 1.54) is 0 Å². The van der Waals surface area contributed by atoms with Crippen LogP contribution in [0.1, 0.15) is 23.6 Å². The van der Waals surface area contributed by atoms with Gasteiger partial charge in [0.2, 0.25) is 0 Å². The normalized spacial score (nSPS) is 11.2. The number of ether oxygens (including phenoxy) is 2. The van der Waals surface area contributed by atoms with E-state index in [2.05, 4.69) is 26.5 Å². The smallest absolute Gasteiger partial charge is 0.277 e. The molecule has 6 heteroatoms. The molecule has 0 atom stereocenters. The maximum atomic E-state index is 12.0. The van der Waals surface area contributed by atoms with E-state index in [0.29, 0.717) is 11.5 Å². The Hall–Kier alpha value is -2.34. The Bertz CT molecular complexity index is 763. The van der Waals surface area contributed by atoms with E-state index < -0.39 is 0 Å². The maximum Gasteiger partial charge on any atom is 0.277 e. The molecule has 0 aliphatic carbocycles. The third kappa shape index (κ3) is 5.32. The van der Waals surface area contributed by atoms with Crippen LogP contribution in [0.15, 0.2) is 46.0 Å². The number of carbonyl (C=O) groups is 1. The third-order valence-electron chi connectivity index (χ3n) is 3.58. The van der Waals surface area contributed by atoms with E-state index in [1.54, 1.807) is 7.11 Å². The Morgan fingerprint density at radius 3 is 2.48 bits per heavy atom. The Balaban J connectivity index is 1.93. The summed E-state index contributed by atoms with van der Waals surface area (Å²) in [4.78, 5) is 12.0. The lowest BCUT2D eigenvalue weighted by atomic mass is 10.1. The molecular formula is C19H21BrN2O3. The van der Waals surface area contributed by atoms with E-state index in [-0.39, 0.29) is 12.5 Å². The van der Waals surface area contributed by atoms with Gasteiger partial charge in [0, 0.05) is 0 Å². The lowest BCUT2D eigenvalue weighted by Gasteiger charge is -2.11. The highest BCUT2D eigenvalue weighted by Crippen LogP contribution is 2.30. The number of rotatable bonds is 6. The fourth-order valence-electron chi connectivity index (χ4n) is 2.30. The summed E-state index contributed by atoms with van der Waals surface area (Å²) in [5.74, 6) is 1.12. The monoisotopic (exact) mass is 404 g/mol. The molecule has 0 saturated heterocycles. The number of benzene rings is 2. The first-order valence-electron chi connectivity index (χ1n) is 7.78. The van der Waals surface area contributed by atoms with E-state index in [0.717, 1.165) is 26.9 Å². The van der Waals surface area contributed by atoms with Gasteiger partial charge in [0.25, 0.3) is 5.91 Å². The molecule has 0 spiro atoms. The van der Waals surface area contributed by atoms with Crippen molar-refractivity contribution in [2.75, 3.05) is 13.7 Å². The van der Waals surface area contributed by atoms with Gasteiger partial charge in [0.05, 0.1) is 17.3 Å². The first kappa shape index (κ1) is 19.0. The fourth-order valence-corrected chi connectivity index (χ4v) is 3.09. The van der Waals surface area contributed by atoms with Crippen molar-refractivity contribution in [3.8, 4) is 11.5 Å². The minimum atomic E-state index is -0.320. The van der Waals surface area contributed by atoms with Crippen molar-refractivity contribution in [1.29, 1.82) is 0 Å². The number of halogens is 1. The first-order valence-corrected chi connectivity index (χ1v) is 8.57. The summed E-state index contributed by atoms with van der Waals surface area (Å²) in [6.45, 7) is 5.66. The zero-order valence-corrected chi connectivity index (χ0v) is 16.3. The van der Waals surface area contributed by atoms with Crippen LogP contribution in [-0.4, -0.2) is 25.3 Å². The van der Waals surface area contributed by atoms with Gasteiger partial charge in [-0.2, -0.15) is 5.10 Å². The molecule has 0 unspecified atom stereocenters. The molecule has 25 heavy (non-hydrogen) atoms. The molecule has 132 valence electrons. The second kappa shape index (κ2) is 8.67. The topological polar surface area (TPSA) is 59.9 Å². The summed E-state index contributed by atoms with van der Waals surface area (Å²) < 4.78 is 11.6. The summed E-state index contributed by atoms with van der Waals surface area (Å²) in [7, 11) is 1.62. The van der Waals surface area contributed by atoms with Crippen LogP contribution in [-0.2, 0) is 4.79 Å². The van der Waals surface area contributed by atoms with Crippen LogP contribution < -0.4 is 14.9 Å². The number of carbonyl (C=O) groups excluding carboxylic acids is 1. The third-order valence-corrected chi connectivity index (χ3v) is 4.17. The fraction of sp³-hybridized carbons (Fsp3) is 0.263. The standard InChI is InChI=1S/C19H21BrN2O3/c1-12-9-13(2)19(17(20)10-12)25-11-18(23)22-21-14(3)15-5-7-16(24-4)8-6-15/h5-10H,11H2,1-4H3,(H,22,23)/b21-14-. The SMILES string of the molecule is COc1ccc(/C(C)=N\NC(=O)COc2c(C)cc(C)cc2Br)cc1. The molecule has 0 radical (unpaired) electrons.